The fourth-order valence-corrected chi connectivity index (χ4v) is 2.19. The molecule has 0 spiro atoms. The van der Waals surface area contributed by atoms with Gasteiger partial charge in [-0.15, -0.1) is 0 Å². The fourth-order valence-electron chi connectivity index (χ4n) is 2.19. The van der Waals surface area contributed by atoms with E-state index in [4.69, 9.17) is 14.2 Å². The summed E-state index contributed by atoms with van der Waals surface area (Å²) in [6, 6.07) is 7.03. The van der Waals surface area contributed by atoms with Crippen molar-refractivity contribution in [2.45, 2.75) is 0 Å². The third kappa shape index (κ3) is 4.42. The minimum absolute atomic E-state index is 0.0862. The lowest BCUT2D eigenvalue weighted by Gasteiger charge is -2.08. The van der Waals surface area contributed by atoms with Crippen LogP contribution < -0.4 is 19.6 Å². The lowest BCUT2D eigenvalue weighted by Crippen LogP contribution is -2.17. The monoisotopic (exact) mass is 375 g/mol. The predicted octanol–water partition coefficient (Wildman–Crippen LogP) is 2.09. The van der Waals surface area contributed by atoms with Gasteiger partial charge in [0.25, 0.3) is 5.91 Å². The van der Waals surface area contributed by atoms with Gasteiger partial charge in [-0.25, -0.2) is 5.43 Å². The largest absolute Gasteiger partial charge is 0.500 e. The van der Waals surface area contributed by atoms with Crippen LogP contribution in [0, 0.1) is 10.1 Å². The van der Waals surface area contributed by atoms with Gasteiger partial charge in [0.2, 0.25) is 5.75 Å². The molecule has 0 radical (unpaired) electrons. The number of hydrogen-bond acceptors (Lipinski definition) is 8. The van der Waals surface area contributed by atoms with Crippen molar-refractivity contribution in [2.75, 3.05) is 21.3 Å². The predicted molar refractivity (Wildman–Crippen MR) is 95.9 cm³/mol. The summed E-state index contributed by atoms with van der Waals surface area (Å²) in [5.41, 5.74) is 2.29. The second-order valence-electron chi connectivity index (χ2n) is 5.12. The van der Waals surface area contributed by atoms with Gasteiger partial charge >= 0.3 is 5.69 Å². The number of benzene rings is 2. The first kappa shape index (κ1) is 19.5. The molecule has 27 heavy (non-hydrogen) atoms. The standard InChI is InChI=1S/C17H17N3O7/c1-25-13-5-4-11(8-14(13)26-2)17(22)19-18-9-10-6-12(20(23)24)16(21)15(7-10)27-3/h4-9,21H,1-3H3,(H,19,22). The summed E-state index contributed by atoms with van der Waals surface area (Å²) in [6.45, 7) is 0. The molecule has 2 aromatic carbocycles. The number of amides is 1. The molecule has 142 valence electrons. The summed E-state index contributed by atoms with van der Waals surface area (Å²) < 4.78 is 15.1. The maximum absolute atomic E-state index is 12.2. The molecule has 0 aliphatic heterocycles. The second-order valence-corrected chi connectivity index (χ2v) is 5.12. The lowest BCUT2D eigenvalue weighted by atomic mass is 10.2. The molecule has 0 heterocycles. The lowest BCUT2D eigenvalue weighted by molar-refractivity contribution is -0.386. The van der Waals surface area contributed by atoms with Crippen LogP contribution in [0.3, 0.4) is 0 Å². The van der Waals surface area contributed by atoms with Crippen LogP contribution in [0.2, 0.25) is 0 Å². The van der Waals surface area contributed by atoms with E-state index < -0.39 is 22.3 Å². The molecule has 0 aliphatic carbocycles. The normalized spacial score (nSPS) is 10.5. The van der Waals surface area contributed by atoms with Crippen molar-refractivity contribution >= 4 is 17.8 Å². The summed E-state index contributed by atoms with van der Waals surface area (Å²) in [5, 5.41) is 24.5. The maximum Gasteiger partial charge on any atom is 0.315 e. The minimum atomic E-state index is -0.753. The highest BCUT2D eigenvalue weighted by atomic mass is 16.6. The van der Waals surface area contributed by atoms with Gasteiger partial charge < -0.3 is 19.3 Å². The van der Waals surface area contributed by atoms with Gasteiger partial charge in [-0.3, -0.25) is 14.9 Å². The number of phenols is 1. The molecule has 2 rings (SSSR count). The Labute approximate surface area is 154 Å². The van der Waals surface area contributed by atoms with E-state index in [9.17, 15) is 20.0 Å². The molecule has 0 bridgehead atoms. The average Bonchev–Trinajstić information content (AvgIpc) is 2.67. The van der Waals surface area contributed by atoms with E-state index in [2.05, 4.69) is 10.5 Å². The summed E-state index contributed by atoms with van der Waals surface area (Å²) in [4.78, 5) is 22.4. The number of hydrazone groups is 1. The van der Waals surface area contributed by atoms with E-state index in [0.717, 1.165) is 6.07 Å². The van der Waals surface area contributed by atoms with Crippen molar-refractivity contribution in [1.29, 1.82) is 0 Å². The van der Waals surface area contributed by atoms with Crippen LogP contribution in [-0.2, 0) is 0 Å². The molecule has 2 N–H and O–H groups in total. The maximum atomic E-state index is 12.2. The molecule has 0 fully saturated rings. The van der Waals surface area contributed by atoms with E-state index in [1.807, 2.05) is 0 Å². The molecular formula is C17H17N3O7. The fraction of sp³-hybridized carbons (Fsp3) is 0.176. The number of nitro benzene ring substituents is 1. The number of rotatable bonds is 7. The molecule has 2 aromatic rings. The van der Waals surface area contributed by atoms with Crippen LogP contribution in [0.4, 0.5) is 5.69 Å². The number of nitrogens with zero attached hydrogens (tertiary/aromatic N) is 2. The van der Waals surface area contributed by atoms with Crippen LogP contribution in [-0.4, -0.2) is 43.5 Å². The van der Waals surface area contributed by atoms with Gasteiger partial charge in [0.05, 0.1) is 32.5 Å². The quantitative estimate of drug-likeness (QED) is 0.430. The van der Waals surface area contributed by atoms with Crippen LogP contribution in [0.15, 0.2) is 35.4 Å². The Balaban J connectivity index is 2.19. The molecule has 0 unspecified atom stereocenters. The first-order valence-corrected chi connectivity index (χ1v) is 7.52. The van der Waals surface area contributed by atoms with Crippen molar-refractivity contribution in [2.24, 2.45) is 5.10 Å². The third-order valence-electron chi connectivity index (χ3n) is 3.52. The van der Waals surface area contributed by atoms with Gasteiger partial charge in [0.15, 0.2) is 17.2 Å². The van der Waals surface area contributed by atoms with Crippen molar-refractivity contribution in [3.63, 3.8) is 0 Å². The molecule has 10 nitrogen and oxygen atoms in total. The number of nitro groups is 1. The van der Waals surface area contributed by atoms with Crippen LogP contribution in [0.1, 0.15) is 15.9 Å². The number of methoxy groups -OCH3 is 3. The zero-order valence-electron chi connectivity index (χ0n) is 14.8. The van der Waals surface area contributed by atoms with E-state index in [0.29, 0.717) is 11.5 Å². The number of ether oxygens (including phenoxy) is 3. The summed E-state index contributed by atoms with van der Waals surface area (Å²) >= 11 is 0. The van der Waals surface area contributed by atoms with Crippen molar-refractivity contribution < 1.29 is 29.0 Å². The van der Waals surface area contributed by atoms with E-state index in [1.165, 1.54) is 45.7 Å². The highest BCUT2D eigenvalue weighted by molar-refractivity contribution is 5.95. The van der Waals surface area contributed by atoms with Crippen LogP contribution >= 0.6 is 0 Å². The van der Waals surface area contributed by atoms with Gasteiger partial charge in [0, 0.05) is 17.2 Å². The van der Waals surface area contributed by atoms with Crippen molar-refractivity contribution in [3.8, 4) is 23.0 Å². The molecule has 0 saturated carbocycles. The minimum Gasteiger partial charge on any atom is -0.500 e. The van der Waals surface area contributed by atoms with Gasteiger partial charge in [-0.2, -0.15) is 5.10 Å². The van der Waals surface area contributed by atoms with Gasteiger partial charge in [-0.1, -0.05) is 0 Å². The van der Waals surface area contributed by atoms with Crippen molar-refractivity contribution in [1.82, 2.24) is 5.43 Å². The van der Waals surface area contributed by atoms with Crippen LogP contribution in [0.5, 0.6) is 23.0 Å². The number of aromatic hydroxyl groups is 1. The highest BCUT2D eigenvalue weighted by Gasteiger charge is 2.19. The van der Waals surface area contributed by atoms with E-state index >= 15 is 0 Å². The molecule has 0 aliphatic rings. The Morgan fingerprint density at radius 3 is 2.37 bits per heavy atom. The van der Waals surface area contributed by atoms with Gasteiger partial charge in [0.1, 0.15) is 0 Å². The number of nitrogens with one attached hydrogen (secondary N) is 1. The number of phenolic OH excluding ortho intramolecular Hbond substituents is 1. The molecular weight excluding hydrogens is 358 g/mol. The number of hydrogen-bond donors (Lipinski definition) is 2. The summed E-state index contributed by atoms with van der Waals surface area (Å²) in [5.74, 6) is -0.340. The van der Waals surface area contributed by atoms with Crippen LogP contribution in [0.25, 0.3) is 0 Å². The Bertz CT molecular complexity index is 896. The molecule has 10 heteroatoms. The molecule has 0 saturated heterocycles. The topological polar surface area (TPSA) is 133 Å². The first-order valence-electron chi connectivity index (χ1n) is 7.52. The zero-order chi connectivity index (χ0) is 20.0. The summed E-state index contributed by atoms with van der Waals surface area (Å²) in [6.07, 6.45) is 1.19. The number of carbonyl (C=O) groups is 1. The SMILES string of the molecule is COc1ccc(C(=O)NN=Cc2cc(OC)c(O)c([N+](=O)[O-])c2)cc1OC. The number of carbonyl (C=O) groups excluding carboxylic acids is 1. The smallest absolute Gasteiger partial charge is 0.315 e. The highest BCUT2D eigenvalue weighted by Crippen LogP contribution is 2.36. The Kier molecular flexibility index (Phi) is 6.15. The van der Waals surface area contributed by atoms with E-state index in [-0.39, 0.29) is 16.9 Å². The molecule has 0 aromatic heterocycles. The second kappa shape index (κ2) is 8.52. The van der Waals surface area contributed by atoms with Gasteiger partial charge in [-0.05, 0) is 24.3 Å². The summed E-state index contributed by atoms with van der Waals surface area (Å²) in [7, 11) is 4.19. The Morgan fingerprint density at radius 1 is 1.11 bits per heavy atom. The first-order chi connectivity index (χ1) is 12.9. The zero-order valence-corrected chi connectivity index (χ0v) is 14.8. The molecule has 1 amide bonds. The Morgan fingerprint density at radius 2 is 1.78 bits per heavy atom. The third-order valence-corrected chi connectivity index (χ3v) is 3.52. The Hall–Kier alpha value is -3.82. The molecule has 0 atom stereocenters. The van der Waals surface area contributed by atoms with Crippen molar-refractivity contribution in [3.05, 3.63) is 51.6 Å². The van der Waals surface area contributed by atoms with E-state index in [1.54, 1.807) is 6.07 Å². The average molecular weight is 375 g/mol.